The van der Waals surface area contributed by atoms with Crippen LogP contribution in [0.4, 0.5) is 0 Å². The van der Waals surface area contributed by atoms with Gasteiger partial charge in [0.1, 0.15) is 0 Å². The van der Waals surface area contributed by atoms with Crippen LogP contribution in [0.3, 0.4) is 0 Å². The first-order chi connectivity index (χ1) is 5.84. The summed E-state index contributed by atoms with van der Waals surface area (Å²) in [5.41, 5.74) is 0. The summed E-state index contributed by atoms with van der Waals surface area (Å²) < 4.78 is 0. The number of nitrogens with one attached hydrogen (secondary N) is 2. The Kier molecular flexibility index (Phi) is 3.87. The Balaban J connectivity index is 2.14. The van der Waals surface area contributed by atoms with E-state index in [1.165, 1.54) is 0 Å². The molecule has 0 spiro atoms. The van der Waals surface area contributed by atoms with E-state index >= 15 is 0 Å². The average Bonchev–Trinajstić information content (AvgIpc) is 2.56. The van der Waals surface area contributed by atoms with Gasteiger partial charge in [0.2, 0.25) is 0 Å². The molecule has 0 fully saturated rings. The highest BCUT2D eigenvalue weighted by atomic mass is 15.3. The molecule has 0 bridgehead atoms. The number of aliphatic imine (C=N–C) groups is 1. The second-order valence-electron chi connectivity index (χ2n) is 3.01. The van der Waals surface area contributed by atoms with Crippen LogP contribution in [0.25, 0.3) is 0 Å². The van der Waals surface area contributed by atoms with Crippen molar-refractivity contribution in [3.8, 4) is 0 Å². The minimum absolute atomic E-state index is 0.922. The van der Waals surface area contributed by atoms with Gasteiger partial charge in [0, 0.05) is 20.1 Å². The summed E-state index contributed by atoms with van der Waals surface area (Å²) in [7, 11) is 4.05. The molecule has 0 saturated heterocycles. The molecule has 1 aliphatic heterocycles. The Bertz CT molecular complexity index is 155. The molecular weight excluding hydrogens is 152 g/mol. The van der Waals surface area contributed by atoms with Crippen LogP contribution in [0.5, 0.6) is 0 Å². The van der Waals surface area contributed by atoms with Crippen LogP contribution in [0.1, 0.15) is 6.42 Å². The van der Waals surface area contributed by atoms with Gasteiger partial charge in [-0.25, -0.2) is 0 Å². The van der Waals surface area contributed by atoms with E-state index in [-0.39, 0.29) is 0 Å². The summed E-state index contributed by atoms with van der Waals surface area (Å²) >= 11 is 0. The monoisotopic (exact) mass is 170 g/mol. The molecule has 0 amide bonds. The van der Waals surface area contributed by atoms with E-state index in [1.54, 1.807) is 0 Å². The molecule has 0 radical (unpaired) electrons. The SMILES string of the molecule is CNCCCN(C)C1=NCCN1. The summed E-state index contributed by atoms with van der Waals surface area (Å²) in [4.78, 5) is 6.50. The first kappa shape index (κ1) is 9.32. The molecule has 1 rings (SSSR count). The summed E-state index contributed by atoms with van der Waals surface area (Å²) in [5.74, 6) is 1.05. The summed E-state index contributed by atoms with van der Waals surface area (Å²) in [6.45, 7) is 4.04. The quantitative estimate of drug-likeness (QED) is 0.558. The lowest BCUT2D eigenvalue weighted by molar-refractivity contribution is 0.470. The van der Waals surface area contributed by atoms with Gasteiger partial charge in [-0.15, -0.1) is 0 Å². The highest BCUT2D eigenvalue weighted by Crippen LogP contribution is 1.92. The van der Waals surface area contributed by atoms with Gasteiger partial charge >= 0.3 is 0 Å². The number of hydrogen-bond acceptors (Lipinski definition) is 4. The lowest BCUT2D eigenvalue weighted by Crippen LogP contribution is -2.37. The van der Waals surface area contributed by atoms with E-state index < -0.39 is 0 Å². The maximum Gasteiger partial charge on any atom is 0.193 e. The molecule has 0 aromatic carbocycles. The first-order valence-electron chi connectivity index (χ1n) is 4.48. The third kappa shape index (κ3) is 2.70. The fourth-order valence-electron chi connectivity index (χ4n) is 1.24. The largest absolute Gasteiger partial charge is 0.354 e. The maximum absolute atomic E-state index is 4.33. The molecular formula is C8H18N4. The highest BCUT2D eigenvalue weighted by molar-refractivity contribution is 5.81. The Morgan fingerprint density at radius 1 is 1.67 bits per heavy atom. The molecule has 2 N–H and O–H groups in total. The van der Waals surface area contributed by atoms with Crippen LogP contribution >= 0.6 is 0 Å². The molecule has 4 nitrogen and oxygen atoms in total. The summed E-state index contributed by atoms with van der Waals surface area (Å²) in [6.07, 6.45) is 1.16. The standard InChI is InChI=1S/C8H18N4/c1-9-4-3-7-12(2)8-10-5-6-11-8/h9H,3-7H2,1-2H3,(H,10,11). The fourth-order valence-corrected chi connectivity index (χ4v) is 1.24. The van der Waals surface area contributed by atoms with Gasteiger partial charge in [0.05, 0.1) is 6.54 Å². The van der Waals surface area contributed by atoms with Gasteiger partial charge in [-0.05, 0) is 20.0 Å². The van der Waals surface area contributed by atoms with Crippen LogP contribution in [-0.2, 0) is 0 Å². The Hall–Kier alpha value is -0.770. The zero-order chi connectivity index (χ0) is 8.81. The van der Waals surface area contributed by atoms with Crippen LogP contribution in [-0.4, -0.2) is 51.1 Å². The molecule has 70 valence electrons. The molecule has 0 aromatic heterocycles. The molecule has 0 aliphatic carbocycles. The lowest BCUT2D eigenvalue weighted by Gasteiger charge is -2.18. The second kappa shape index (κ2) is 4.98. The predicted molar refractivity (Wildman–Crippen MR) is 51.5 cm³/mol. The number of rotatable bonds is 4. The minimum atomic E-state index is 0.922. The van der Waals surface area contributed by atoms with E-state index in [0.29, 0.717) is 0 Å². The highest BCUT2D eigenvalue weighted by Gasteiger charge is 2.08. The molecule has 0 aromatic rings. The Morgan fingerprint density at radius 3 is 3.08 bits per heavy atom. The molecule has 12 heavy (non-hydrogen) atoms. The van der Waals surface area contributed by atoms with Gasteiger partial charge in [0.15, 0.2) is 5.96 Å². The van der Waals surface area contributed by atoms with Crippen molar-refractivity contribution in [3.63, 3.8) is 0 Å². The van der Waals surface area contributed by atoms with E-state index in [0.717, 1.165) is 38.6 Å². The van der Waals surface area contributed by atoms with Crippen molar-refractivity contribution in [2.75, 3.05) is 40.3 Å². The molecule has 0 unspecified atom stereocenters. The summed E-state index contributed by atoms with van der Waals surface area (Å²) in [5, 5.41) is 6.37. The van der Waals surface area contributed by atoms with Crippen molar-refractivity contribution >= 4 is 5.96 Å². The average molecular weight is 170 g/mol. The van der Waals surface area contributed by atoms with Gasteiger partial charge < -0.3 is 15.5 Å². The number of guanidine groups is 1. The van der Waals surface area contributed by atoms with Crippen molar-refractivity contribution in [1.82, 2.24) is 15.5 Å². The maximum atomic E-state index is 4.33. The van der Waals surface area contributed by atoms with E-state index in [1.807, 2.05) is 7.05 Å². The molecule has 0 atom stereocenters. The molecule has 1 heterocycles. The van der Waals surface area contributed by atoms with E-state index in [2.05, 4.69) is 27.6 Å². The Morgan fingerprint density at radius 2 is 2.50 bits per heavy atom. The Labute approximate surface area is 74.0 Å². The van der Waals surface area contributed by atoms with E-state index in [4.69, 9.17) is 0 Å². The van der Waals surface area contributed by atoms with Crippen molar-refractivity contribution in [2.45, 2.75) is 6.42 Å². The third-order valence-corrected chi connectivity index (χ3v) is 1.94. The smallest absolute Gasteiger partial charge is 0.193 e. The van der Waals surface area contributed by atoms with Gasteiger partial charge in [-0.2, -0.15) is 0 Å². The molecule has 0 saturated carbocycles. The second-order valence-corrected chi connectivity index (χ2v) is 3.01. The van der Waals surface area contributed by atoms with Crippen molar-refractivity contribution in [2.24, 2.45) is 4.99 Å². The summed E-state index contributed by atoms with van der Waals surface area (Å²) in [6, 6.07) is 0. The van der Waals surface area contributed by atoms with Gasteiger partial charge in [-0.1, -0.05) is 0 Å². The predicted octanol–water partition coefficient (Wildman–Crippen LogP) is -0.513. The van der Waals surface area contributed by atoms with Gasteiger partial charge in [0.25, 0.3) is 0 Å². The zero-order valence-electron chi connectivity index (χ0n) is 7.93. The molecule has 1 aliphatic rings. The lowest BCUT2D eigenvalue weighted by atomic mass is 10.4. The molecule has 4 heteroatoms. The van der Waals surface area contributed by atoms with E-state index in [9.17, 15) is 0 Å². The van der Waals surface area contributed by atoms with Crippen molar-refractivity contribution in [3.05, 3.63) is 0 Å². The number of hydrogen-bond donors (Lipinski definition) is 2. The minimum Gasteiger partial charge on any atom is -0.354 e. The third-order valence-electron chi connectivity index (χ3n) is 1.94. The normalized spacial score (nSPS) is 15.7. The first-order valence-corrected chi connectivity index (χ1v) is 4.48. The topological polar surface area (TPSA) is 39.7 Å². The van der Waals surface area contributed by atoms with Crippen LogP contribution in [0.2, 0.25) is 0 Å². The number of nitrogens with zero attached hydrogens (tertiary/aromatic N) is 2. The van der Waals surface area contributed by atoms with Crippen LogP contribution in [0.15, 0.2) is 4.99 Å². The van der Waals surface area contributed by atoms with Crippen LogP contribution in [0, 0.1) is 0 Å². The van der Waals surface area contributed by atoms with Crippen LogP contribution < -0.4 is 10.6 Å². The van der Waals surface area contributed by atoms with Gasteiger partial charge in [-0.3, -0.25) is 4.99 Å². The zero-order valence-corrected chi connectivity index (χ0v) is 7.93. The fraction of sp³-hybridized carbons (Fsp3) is 0.875. The van der Waals surface area contributed by atoms with Crippen molar-refractivity contribution < 1.29 is 0 Å². The van der Waals surface area contributed by atoms with Crippen molar-refractivity contribution in [1.29, 1.82) is 0 Å².